The zero-order valence-corrected chi connectivity index (χ0v) is 9.93. The van der Waals surface area contributed by atoms with Gasteiger partial charge >= 0.3 is 0 Å². The highest BCUT2D eigenvalue weighted by atomic mass is 16.5. The summed E-state index contributed by atoms with van der Waals surface area (Å²) in [7, 11) is 0. The van der Waals surface area contributed by atoms with Gasteiger partial charge in [-0.2, -0.15) is 0 Å². The predicted octanol–water partition coefficient (Wildman–Crippen LogP) is 2.44. The molecule has 3 nitrogen and oxygen atoms in total. The van der Waals surface area contributed by atoms with Crippen molar-refractivity contribution in [2.24, 2.45) is 0 Å². The van der Waals surface area contributed by atoms with Gasteiger partial charge in [-0.15, -0.1) is 0 Å². The Morgan fingerprint density at radius 1 is 1.22 bits per heavy atom. The van der Waals surface area contributed by atoms with Crippen molar-refractivity contribution in [1.82, 2.24) is 4.98 Å². The van der Waals surface area contributed by atoms with Crippen molar-refractivity contribution in [2.75, 3.05) is 6.61 Å². The Morgan fingerprint density at radius 3 is 2.89 bits per heavy atom. The number of ketones is 1. The number of benzene rings is 1. The fourth-order valence-corrected chi connectivity index (χ4v) is 2.22. The molecule has 0 unspecified atom stereocenters. The lowest BCUT2D eigenvalue weighted by atomic mass is 10.0. The second-order valence-corrected chi connectivity index (χ2v) is 4.35. The van der Waals surface area contributed by atoms with E-state index in [9.17, 15) is 4.79 Å². The Bertz CT molecular complexity index is 578. The molecule has 0 amide bonds. The zero-order chi connectivity index (χ0) is 12.4. The van der Waals surface area contributed by atoms with Crippen LogP contribution in [0.2, 0.25) is 0 Å². The highest BCUT2D eigenvalue weighted by Crippen LogP contribution is 2.30. The SMILES string of the molecule is O=C(Cc1ccncc1)c1cccc2c1OCC2. The first-order chi connectivity index (χ1) is 8.84. The van der Waals surface area contributed by atoms with E-state index in [1.165, 1.54) is 0 Å². The summed E-state index contributed by atoms with van der Waals surface area (Å²) >= 11 is 0. The minimum Gasteiger partial charge on any atom is -0.492 e. The second-order valence-electron chi connectivity index (χ2n) is 4.35. The van der Waals surface area contributed by atoms with Gasteiger partial charge in [-0.1, -0.05) is 12.1 Å². The molecule has 1 aliphatic heterocycles. The maximum absolute atomic E-state index is 12.3. The first-order valence-corrected chi connectivity index (χ1v) is 6.01. The topological polar surface area (TPSA) is 39.2 Å². The summed E-state index contributed by atoms with van der Waals surface area (Å²) in [6, 6.07) is 9.51. The monoisotopic (exact) mass is 239 g/mol. The van der Waals surface area contributed by atoms with Gasteiger partial charge in [0.1, 0.15) is 5.75 Å². The summed E-state index contributed by atoms with van der Waals surface area (Å²) in [6.45, 7) is 0.675. The zero-order valence-electron chi connectivity index (χ0n) is 9.93. The highest BCUT2D eigenvalue weighted by Gasteiger charge is 2.20. The van der Waals surface area contributed by atoms with Crippen LogP contribution in [0.25, 0.3) is 0 Å². The third-order valence-electron chi connectivity index (χ3n) is 3.13. The van der Waals surface area contributed by atoms with Crippen LogP contribution >= 0.6 is 0 Å². The molecule has 1 aromatic heterocycles. The second kappa shape index (κ2) is 4.61. The van der Waals surface area contributed by atoms with Crippen molar-refractivity contribution in [3.63, 3.8) is 0 Å². The summed E-state index contributed by atoms with van der Waals surface area (Å²) < 4.78 is 5.56. The first kappa shape index (κ1) is 11.0. The van der Waals surface area contributed by atoms with Crippen molar-refractivity contribution < 1.29 is 9.53 Å². The van der Waals surface area contributed by atoms with Gasteiger partial charge in [0.25, 0.3) is 0 Å². The molecule has 90 valence electrons. The molecule has 0 saturated carbocycles. The third-order valence-corrected chi connectivity index (χ3v) is 3.13. The van der Waals surface area contributed by atoms with E-state index in [4.69, 9.17) is 4.74 Å². The number of hydrogen-bond donors (Lipinski definition) is 0. The number of para-hydroxylation sites is 1. The van der Waals surface area contributed by atoms with Crippen molar-refractivity contribution >= 4 is 5.78 Å². The van der Waals surface area contributed by atoms with E-state index in [1.807, 2.05) is 30.3 Å². The number of aromatic nitrogens is 1. The maximum atomic E-state index is 12.3. The predicted molar refractivity (Wildman–Crippen MR) is 67.9 cm³/mol. The van der Waals surface area contributed by atoms with Gasteiger partial charge < -0.3 is 4.74 Å². The summed E-state index contributed by atoms with van der Waals surface area (Å²) in [5.74, 6) is 0.872. The molecule has 0 fully saturated rings. The number of rotatable bonds is 3. The van der Waals surface area contributed by atoms with Crippen LogP contribution in [0.5, 0.6) is 5.75 Å². The molecule has 3 rings (SSSR count). The number of carbonyl (C=O) groups excluding carboxylic acids is 1. The lowest BCUT2D eigenvalue weighted by molar-refractivity contribution is 0.0990. The summed E-state index contributed by atoms with van der Waals surface area (Å²) in [4.78, 5) is 16.2. The van der Waals surface area contributed by atoms with Crippen LogP contribution in [0.1, 0.15) is 21.5 Å². The average Bonchev–Trinajstić information content (AvgIpc) is 2.87. The molecule has 18 heavy (non-hydrogen) atoms. The number of Topliss-reactive ketones (excluding diaryl/α,β-unsaturated/α-hetero) is 1. The number of fused-ring (bicyclic) bond motifs is 1. The number of hydrogen-bond acceptors (Lipinski definition) is 3. The van der Waals surface area contributed by atoms with Gasteiger partial charge in [0.2, 0.25) is 0 Å². The number of ether oxygens (including phenoxy) is 1. The van der Waals surface area contributed by atoms with Crippen LogP contribution < -0.4 is 4.74 Å². The van der Waals surface area contributed by atoms with Crippen LogP contribution in [-0.4, -0.2) is 17.4 Å². The van der Waals surface area contributed by atoms with E-state index in [1.54, 1.807) is 12.4 Å². The van der Waals surface area contributed by atoms with Crippen LogP contribution in [0.4, 0.5) is 0 Å². The molecule has 1 aliphatic rings. The molecule has 2 heterocycles. The molecule has 3 heteroatoms. The van der Waals surface area contributed by atoms with E-state index in [0.717, 1.165) is 23.3 Å². The van der Waals surface area contributed by atoms with Gasteiger partial charge in [0.05, 0.1) is 12.2 Å². The lowest BCUT2D eigenvalue weighted by Gasteiger charge is -2.06. The Labute approximate surface area is 105 Å². The molecule has 0 radical (unpaired) electrons. The molecular formula is C15H13NO2. The Morgan fingerprint density at radius 2 is 2.06 bits per heavy atom. The Balaban J connectivity index is 1.88. The average molecular weight is 239 g/mol. The molecule has 0 spiro atoms. The quantitative estimate of drug-likeness (QED) is 0.772. The van der Waals surface area contributed by atoms with Crippen molar-refractivity contribution in [1.29, 1.82) is 0 Å². The van der Waals surface area contributed by atoms with Gasteiger partial charge in [-0.3, -0.25) is 9.78 Å². The molecule has 0 saturated heterocycles. The van der Waals surface area contributed by atoms with E-state index in [-0.39, 0.29) is 5.78 Å². The van der Waals surface area contributed by atoms with Crippen molar-refractivity contribution in [3.05, 3.63) is 59.4 Å². The van der Waals surface area contributed by atoms with E-state index in [2.05, 4.69) is 4.98 Å². The summed E-state index contributed by atoms with van der Waals surface area (Å²) in [6.07, 6.45) is 4.69. The number of nitrogens with zero attached hydrogens (tertiary/aromatic N) is 1. The molecule has 2 aromatic rings. The minimum atomic E-state index is 0.0972. The third kappa shape index (κ3) is 1.99. The van der Waals surface area contributed by atoms with Gasteiger partial charge in [0, 0.05) is 25.2 Å². The van der Waals surface area contributed by atoms with Gasteiger partial charge in [0.15, 0.2) is 5.78 Å². The fraction of sp³-hybridized carbons (Fsp3) is 0.200. The van der Waals surface area contributed by atoms with Gasteiger partial charge in [-0.25, -0.2) is 0 Å². The van der Waals surface area contributed by atoms with Crippen LogP contribution in [0, 0.1) is 0 Å². The Hall–Kier alpha value is -2.16. The normalized spacial score (nSPS) is 12.9. The number of pyridine rings is 1. The number of carbonyl (C=O) groups is 1. The van der Waals surface area contributed by atoms with Gasteiger partial charge in [-0.05, 0) is 29.3 Å². The molecule has 0 atom stereocenters. The molecule has 0 N–H and O–H groups in total. The minimum absolute atomic E-state index is 0.0972. The largest absolute Gasteiger partial charge is 0.492 e. The lowest BCUT2D eigenvalue weighted by Crippen LogP contribution is -2.05. The summed E-state index contributed by atoms with van der Waals surface area (Å²) in [5, 5.41) is 0. The van der Waals surface area contributed by atoms with E-state index in [0.29, 0.717) is 18.6 Å². The molecule has 0 aliphatic carbocycles. The summed E-state index contributed by atoms with van der Waals surface area (Å²) in [5.41, 5.74) is 2.81. The van der Waals surface area contributed by atoms with Crippen molar-refractivity contribution in [2.45, 2.75) is 12.8 Å². The maximum Gasteiger partial charge on any atom is 0.170 e. The van der Waals surface area contributed by atoms with Crippen molar-refractivity contribution in [3.8, 4) is 5.75 Å². The fourth-order valence-electron chi connectivity index (χ4n) is 2.22. The molecular weight excluding hydrogens is 226 g/mol. The Kier molecular flexibility index (Phi) is 2.81. The van der Waals surface area contributed by atoms with Crippen LogP contribution in [-0.2, 0) is 12.8 Å². The molecule has 1 aromatic carbocycles. The van der Waals surface area contributed by atoms with E-state index >= 15 is 0 Å². The smallest absolute Gasteiger partial charge is 0.170 e. The van der Waals surface area contributed by atoms with E-state index < -0.39 is 0 Å². The first-order valence-electron chi connectivity index (χ1n) is 6.01. The highest BCUT2D eigenvalue weighted by molar-refractivity contribution is 6.00. The van der Waals surface area contributed by atoms with Crippen LogP contribution in [0.3, 0.4) is 0 Å². The standard InChI is InChI=1S/C15H13NO2/c17-14(10-11-4-7-16-8-5-11)13-3-1-2-12-6-9-18-15(12)13/h1-5,7-8H,6,9-10H2. The van der Waals surface area contributed by atoms with Crippen LogP contribution in [0.15, 0.2) is 42.7 Å². The molecule has 0 bridgehead atoms.